The number of pyridine rings is 1. The Labute approximate surface area is 118 Å². The molecule has 1 saturated heterocycles. The molecule has 1 unspecified atom stereocenters. The van der Waals surface area contributed by atoms with Crippen molar-refractivity contribution in [2.75, 3.05) is 13.2 Å². The second-order valence-corrected chi connectivity index (χ2v) is 5.22. The molecule has 3 rings (SSSR count). The van der Waals surface area contributed by atoms with E-state index in [2.05, 4.69) is 15.0 Å². The van der Waals surface area contributed by atoms with E-state index >= 15 is 0 Å². The van der Waals surface area contributed by atoms with Crippen LogP contribution in [-0.2, 0) is 6.54 Å². The van der Waals surface area contributed by atoms with Gasteiger partial charge in [-0.2, -0.15) is 0 Å². The minimum absolute atomic E-state index is 0.214. The van der Waals surface area contributed by atoms with Crippen molar-refractivity contribution >= 4 is 0 Å². The molecule has 3 heterocycles. The van der Waals surface area contributed by atoms with Crippen LogP contribution in [0.3, 0.4) is 0 Å². The zero-order valence-electron chi connectivity index (χ0n) is 11.4. The van der Waals surface area contributed by atoms with E-state index < -0.39 is 0 Å². The Kier molecular flexibility index (Phi) is 4.08. The van der Waals surface area contributed by atoms with Gasteiger partial charge in [0.05, 0.1) is 13.2 Å². The van der Waals surface area contributed by atoms with E-state index in [-0.39, 0.29) is 12.6 Å². The molecule has 0 bridgehead atoms. The lowest BCUT2D eigenvalue weighted by Gasteiger charge is -2.33. The first kappa shape index (κ1) is 13.3. The number of hydrogen-bond acceptors (Lipinski definition) is 5. The Morgan fingerprint density at radius 2 is 2.15 bits per heavy atom. The van der Waals surface area contributed by atoms with Gasteiger partial charge in [0, 0.05) is 30.1 Å². The lowest BCUT2D eigenvalue weighted by atomic mass is 10.0. The smallest absolute Gasteiger partial charge is 0.151 e. The van der Waals surface area contributed by atoms with Crippen LogP contribution >= 0.6 is 0 Å². The fourth-order valence-electron chi connectivity index (χ4n) is 2.72. The van der Waals surface area contributed by atoms with Crippen molar-refractivity contribution in [3.8, 4) is 11.3 Å². The number of nitrogens with zero attached hydrogens (tertiary/aromatic N) is 3. The van der Waals surface area contributed by atoms with Crippen LogP contribution in [-0.4, -0.2) is 39.3 Å². The second kappa shape index (κ2) is 6.15. The van der Waals surface area contributed by atoms with Gasteiger partial charge in [-0.1, -0.05) is 11.6 Å². The highest BCUT2D eigenvalue weighted by Crippen LogP contribution is 2.22. The molecule has 106 valence electrons. The summed E-state index contributed by atoms with van der Waals surface area (Å²) in [6.07, 6.45) is 6.93. The summed E-state index contributed by atoms with van der Waals surface area (Å²) < 4.78 is 5.42. The van der Waals surface area contributed by atoms with Crippen LogP contribution in [0, 0.1) is 0 Å². The van der Waals surface area contributed by atoms with E-state index in [1.54, 1.807) is 12.4 Å². The van der Waals surface area contributed by atoms with Crippen LogP contribution in [0.4, 0.5) is 0 Å². The fraction of sp³-hybridized carbons (Fsp3) is 0.467. The Hall–Kier alpha value is -1.72. The van der Waals surface area contributed by atoms with Crippen LogP contribution in [0.2, 0.25) is 0 Å². The molecule has 0 radical (unpaired) electrons. The normalized spacial score (nSPS) is 20.1. The maximum atomic E-state index is 9.43. The van der Waals surface area contributed by atoms with Crippen molar-refractivity contribution in [3.63, 3.8) is 0 Å². The van der Waals surface area contributed by atoms with Crippen molar-refractivity contribution in [2.24, 2.45) is 0 Å². The molecule has 0 spiro atoms. The van der Waals surface area contributed by atoms with Gasteiger partial charge in [-0.15, -0.1) is 0 Å². The standard InChI is InChI=1S/C15H19N3O2/c19-11-13-3-1-2-8-18(13)10-14-9-15(17-20-14)12-4-6-16-7-5-12/h4-7,9,13,19H,1-3,8,10-11H2. The maximum absolute atomic E-state index is 9.43. The third kappa shape index (κ3) is 2.89. The van der Waals surface area contributed by atoms with Gasteiger partial charge in [0.2, 0.25) is 0 Å². The highest BCUT2D eigenvalue weighted by Gasteiger charge is 2.23. The molecule has 5 heteroatoms. The minimum atomic E-state index is 0.214. The zero-order chi connectivity index (χ0) is 13.8. The molecular formula is C15H19N3O2. The molecule has 5 nitrogen and oxygen atoms in total. The molecule has 0 aliphatic carbocycles. The van der Waals surface area contributed by atoms with Gasteiger partial charge in [0.25, 0.3) is 0 Å². The monoisotopic (exact) mass is 273 g/mol. The molecule has 2 aromatic heterocycles. The van der Waals surface area contributed by atoms with Crippen molar-refractivity contribution in [3.05, 3.63) is 36.4 Å². The molecule has 1 aliphatic rings. The van der Waals surface area contributed by atoms with Crippen LogP contribution in [0.15, 0.2) is 35.1 Å². The van der Waals surface area contributed by atoms with Crippen LogP contribution in [0.25, 0.3) is 11.3 Å². The van der Waals surface area contributed by atoms with E-state index in [0.717, 1.165) is 30.0 Å². The summed E-state index contributed by atoms with van der Waals surface area (Å²) in [5.74, 6) is 0.845. The fourth-order valence-corrected chi connectivity index (χ4v) is 2.72. The molecule has 2 aromatic rings. The summed E-state index contributed by atoms with van der Waals surface area (Å²) >= 11 is 0. The van der Waals surface area contributed by atoms with Crippen molar-refractivity contribution in [1.29, 1.82) is 0 Å². The number of hydrogen-bond donors (Lipinski definition) is 1. The summed E-state index contributed by atoms with van der Waals surface area (Å²) in [7, 11) is 0. The quantitative estimate of drug-likeness (QED) is 0.924. The summed E-state index contributed by atoms with van der Waals surface area (Å²) in [6, 6.07) is 6.05. The van der Waals surface area contributed by atoms with E-state index in [4.69, 9.17) is 4.52 Å². The van der Waals surface area contributed by atoms with Gasteiger partial charge in [-0.05, 0) is 31.5 Å². The third-order valence-electron chi connectivity index (χ3n) is 3.85. The molecule has 1 atom stereocenters. The van der Waals surface area contributed by atoms with Crippen LogP contribution in [0.5, 0.6) is 0 Å². The van der Waals surface area contributed by atoms with Crippen molar-refractivity contribution < 1.29 is 9.63 Å². The minimum Gasteiger partial charge on any atom is -0.395 e. The van der Waals surface area contributed by atoms with Crippen molar-refractivity contribution in [1.82, 2.24) is 15.0 Å². The van der Waals surface area contributed by atoms with Crippen molar-refractivity contribution in [2.45, 2.75) is 31.8 Å². The summed E-state index contributed by atoms with van der Waals surface area (Å²) in [5.41, 5.74) is 1.84. The molecule has 1 fully saturated rings. The third-order valence-corrected chi connectivity index (χ3v) is 3.85. The average molecular weight is 273 g/mol. The number of rotatable bonds is 4. The lowest BCUT2D eigenvalue weighted by Crippen LogP contribution is -2.41. The number of likely N-dealkylation sites (tertiary alicyclic amines) is 1. The van der Waals surface area contributed by atoms with E-state index in [0.29, 0.717) is 6.54 Å². The van der Waals surface area contributed by atoms with Crippen LogP contribution in [0.1, 0.15) is 25.0 Å². The SMILES string of the molecule is OCC1CCCCN1Cc1cc(-c2ccncc2)no1. The van der Waals surface area contributed by atoms with E-state index in [1.807, 2.05) is 18.2 Å². The first-order valence-corrected chi connectivity index (χ1v) is 7.08. The first-order valence-electron chi connectivity index (χ1n) is 7.08. The Balaban J connectivity index is 1.71. The van der Waals surface area contributed by atoms with Crippen LogP contribution < -0.4 is 0 Å². The van der Waals surface area contributed by atoms with Gasteiger partial charge >= 0.3 is 0 Å². The number of piperidine rings is 1. The topological polar surface area (TPSA) is 62.4 Å². The number of aromatic nitrogens is 2. The highest BCUT2D eigenvalue weighted by molar-refractivity contribution is 5.57. The largest absolute Gasteiger partial charge is 0.395 e. The summed E-state index contributed by atoms with van der Waals surface area (Å²) in [4.78, 5) is 6.28. The number of aliphatic hydroxyl groups excluding tert-OH is 1. The molecule has 1 aliphatic heterocycles. The van der Waals surface area contributed by atoms with Gasteiger partial charge in [-0.3, -0.25) is 9.88 Å². The maximum Gasteiger partial charge on any atom is 0.151 e. The Morgan fingerprint density at radius 1 is 1.30 bits per heavy atom. The highest BCUT2D eigenvalue weighted by atomic mass is 16.5. The lowest BCUT2D eigenvalue weighted by molar-refractivity contribution is 0.0764. The average Bonchev–Trinajstić information content (AvgIpc) is 2.97. The Morgan fingerprint density at radius 3 is 2.95 bits per heavy atom. The molecule has 0 saturated carbocycles. The summed E-state index contributed by atoms with van der Waals surface area (Å²) in [5, 5.41) is 13.5. The predicted octanol–water partition coefficient (Wildman–Crippen LogP) is 2.08. The van der Waals surface area contributed by atoms with Gasteiger partial charge in [0.15, 0.2) is 5.76 Å². The Bertz CT molecular complexity index is 541. The molecule has 1 N–H and O–H groups in total. The van der Waals surface area contributed by atoms with E-state index in [1.165, 1.54) is 12.8 Å². The number of aliphatic hydroxyl groups is 1. The summed E-state index contributed by atoms with van der Waals surface area (Å²) in [6.45, 7) is 1.94. The van der Waals surface area contributed by atoms with E-state index in [9.17, 15) is 5.11 Å². The van der Waals surface area contributed by atoms with Gasteiger partial charge < -0.3 is 9.63 Å². The molecular weight excluding hydrogens is 254 g/mol. The molecule has 0 aromatic carbocycles. The molecule has 20 heavy (non-hydrogen) atoms. The zero-order valence-corrected chi connectivity index (χ0v) is 11.4. The second-order valence-electron chi connectivity index (χ2n) is 5.22. The predicted molar refractivity (Wildman–Crippen MR) is 74.9 cm³/mol. The van der Waals surface area contributed by atoms with Gasteiger partial charge in [0.1, 0.15) is 5.69 Å². The molecule has 0 amide bonds. The first-order chi connectivity index (χ1) is 9.86. The van der Waals surface area contributed by atoms with Gasteiger partial charge in [-0.25, -0.2) is 0 Å².